The van der Waals surface area contributed by atoms with E-state index in [1.54, 1.807) is 0 Å². The molecule has 0 bridgehead atoms. The molecule has 1 aromatic rings. The standard InChI is InChI=1S/C8H9N3/c9-5-7-4-8(11-10-7)6-2-1-3-6/h4,6H,1-3H2,(H,10,11). The molecule has 1 heterocycles. The van der Waals surface area contributed by atoms with Crippen LogP contribution in [0.1, 0.15) is 36.6 Å². The van der Waals surface area contributed by atoms with Crippen LogP contribution in [-0.2, 0) is 0 Å². The number of nitrogens with zero attached hydrogens (tertiary/aromatic N) is 2. The Bertz CT molecular complexity index is 291. The van der Waals surface area contributed by atoms with E-state index in [2.05, 4.69) is 10.2 Å². The minimum atomic E-state index is 0.506. The first-order chi connectivity index (χ1) is 5.40. The third-order valence-corrected chi connectivity index (χ3v) is 2.26. The highest BCUT2D eigenvalue weighted by Gasteiger charge is 2.21. The molecule has 2 rings (SSSR count). The van der Waals surface area contributed by atoms with E-state index in [0.717, 1.165) is 5.69 Å². The van der Waals surface area contributed by atoms with Crippen LogP contribution in [0.25, 0.3) is 0 Å². The lowest BCUT2D eigenvalue weighted by Gasteiger charge is -2.23. The fourth-order valence-corrected chi connectivity index (χ4v) is 1.32. The summed E-state index contributed by atoms with van der Waals surface area (Å²) < 4.78 is 0. The molecule has 3 nitrogen and oxygen atoms in total. The average Bonchev–Trinajstić information content (AvgIpc) is 2.32. The first kappa shape index (κ1) is 6.41. The van der Waals surface area contributed by atoms with Crippen molar-refractivity contribution in [2.45, 2.75) is 25.2 Å². The van der Waals surface area contributed by atoms with Gasteiger partial charge in [0.05, 0.1) is 0 Å². The molecule has 0 saturated heterocycles. The lowest BCUT2D eigenvalue weighted by atomic mass is 9.83. The van der Waals surface area contributed by atoms with Gasteiger partial charge in [0.25, 0.3) is 0 Å². The van der Waals surface area contributed by atoms with E-state index in [1.807, 2.05) is 12.1 Å². The van der Waals surface area contributed by atoms with Crippen LogP contribution in [0.5, 0.6) is 0 Å². The molecule has 1 saturated carbocycles. The van der Waals surface area contributed by atoms with E-state index < -0.39 is 0 Å². The van der Waals surface area contributed by atoms with Crippen molar-refractivity contribution in [2.75, 3.05) is 0 Å². The Kier molecular flexibility index (Phi) is 1.39. The third-order valence-electron chi connectivity index (χ3n) is 2.26. The van der Waals surface area contributed by atoms with Crippen molar-refractivity contribution < 1.29 is 0 Å². The molecule has 1 aliphatic rings. The summed E-state index contributed by atoms with van der Waals surface area (Å²) in [6.07, 6.45) is 3.80. The Morgan fingerprint density at radius 1 is 1.64 bits per heavy atom. The molecule has 0 atom stereocenters. The fourth-order valence-electron chi connectivity index (χ4n) is 1.32. The van der Waals surface area contributed by atoms with E-state index in [1.165, 1.54) is 19.3 Å². The first-order valence-electron chi connectivity index (χ1n) is 3.85. The molecule has 1 aromatic heterocycles. The molecule has 56 valence electrons. The molecule has 0 aliphatic heterocycles. The smallest absolute Gasteiger partial charge is 0.162 e. The van der Waals surface area contributed by atoms with Crippen molar-refractivity contribution in [3.8, 4) is 6.07 Å². The lowest BCUT2D eigenvalue weighted by molar-refractivity contribution is 0.410. The Morgan fingerprint density at radius 2 is 2.45 bits per heavy atom. The molecular weight excluding hydrogens is 138 g/mol. The van der Waals surface area contributed by atoms with Gasteiger partial charge in [0.1, 0.15) is 6.07 Å². The minimum Gasteiger partial charge on any atom is -0.281 e. The molecule has 0 amide bonds. The zero-order chi connectivity index (χ0) is 7.68. The summed E-state index contributed by atoms with van der Waals surface area (Å²) in [7, 11) is 0. The van der Waals surface area contributed by atoms with Gasteiger partial charge in [-0.25, -0.2) is 0 Å². The Morgan fingerprint density at radius 3 is 2.91 bits per heavy atom. The number of nitrogens with one attached hydrogen (secondary N) is 1. The number of hydrogen-bond donors (Lipinski definition) is 1. The van der Waals surface area contributed by atoms with Crippen LogP contribution in [0.4, 0.5) is 0 Å². The average molecular weight is 147 g/mol. The van der Waals surface area contributed by atoms with Crippen molar-refractivity contribution in [1.29, 1.82) is 5.26 Å². The summed E-state index contributed by atoms with van der Waals surface area (Å²) in [6, 6.07) is 3.86. The Labute approximate surface area is 65.0 Å². The Hall–Kier alpha value is -1.30. The van der Waals surface area contributed by atoms with Crippen LogP contribution in [0.3, 0.4) is 0 Å². The van der Waals surface area contributed by atoms with Crippen LogP contribution in [0, 0.1) is 11.3 Å². The second-order valence-corrected chi connectivity index (χ2v) is 2.95. The van der Waals surface area contributed by atoms with Crippen molar-refractivity contribution in [3.05, 3.63) is 17.5 Å². The molecular formula is C8H9N3. The molecule has 1 aliphatic carbocycles. The van der Waals surface area contributed by atoms with Gasteiger partial charge in [-0.15, -0.1) is 0 Å². The van der Waals surface area contributed by atoms with Crippen molar-refractivity contribution >= 4 is 0 Å². The minimum absolute atomic E-state index is 0.506. The largest absolute Gasteiger partial charge is 0.281 e. The van der Waals surface area contributed by atoms with E-state index in [0.29, 0.717) is 11.6 Å². The quantitative estimate of drug-likeness (QED) is 0.655. The normalized spacial score (nSPS) is 17.4. The van der Waals surface area contributed by atoms with Crippen molar-refractivity contribution in [3.63, 3.8) is 0 Å². The second-order valence-electron chi connectivity index (χ2n) is 2.95. The highest BCUT2D eigenvalue weighted by molar-refractivity contribution is 5.24. The second kappa shape index (κ2) is 2.39. The summed E-state index contributed by atoms with van der Waals surface area (Å²) >= 11 is 0. The van der Waals surface area contributed by atoms with Gasteiger partial charge in [-0.3, -0.25) is 5.10 Å². The number of hydrogen-bond acceptors (Lipinski definition) is 2. The highest BCUT2D eigenvalue weighted by atomic mass is 15.1. The molecule has 1 N–H and O–H groups in total. The number of H-pyrrole nitrogens is 1. The Balaban J connectivity index is 2.19. The highest BCUT2D eigenvalue weighted by Crippen LogP contribution is 2.35. The van der Waals surface area contributed by atoms with Gasteiger partial charge in [-0.1, -0.05) is 6.42 Å². The van der Waals surface area contributed by atoms with E-state index in [4.69, 9.17) is 5.26 Å². The molecule has 3 heteroatoms. The number of aromatic amines is 1. The van der Waals surface area contributed by atoms with Crippen LogP contribution in [0.2, 0.25) is 0 Å². The molecule has 0 aromatic carbocycles. The van der Waals surface area contributed by atoms with Crippen LogP contribution in [-0.4, -0.2) is 10.2 Å². The maximum atomic E-state index is 8.49. The van der Waals surface area contributed by atoms with Gasteiger partial charge in [-0.05, 0) is 18.9 Å². The summed E-state index contributed by atoms with van der Waals surface area (Å²) in [6.45, 7) is 0. The first-order valence-corrected chi connectivity index (χ1v) is 3.85. The lowest BCUT2D eigenvalue weighted by Crippen LogP contribution is -2.08. The summed E-state index contributed by atoms with van der Waals surface area (Å²) in [5.41, 5.74) is 1.64. The van der Waals surface area contributed by atoms with E-state index in [-0.39, 0.29) is 0 Å². The molecule has 1 fully saturated rings. The van der Waals surface area contributed by atoms with Gasteiger partial charge in [0.15, 0.2) is 5.69 Å². The van der Waals surface area contributed by atoms with Gasteiger partial charge in [-0.2, -0.15) is 10.4 Å². The number of aromatic nitrogens is 2. The van der Waals surface area contributed by atoms with Crippen LogP contribution in [0.15, 0.2) is 6.07 Å². The van der Waals surface area contributed by atoms with E-state index >= 15 is 0 Å². The third kappa shape index (κ3) is 1.01. The molecule has 11 heavy (non-hydrogen) atoms. The topological polar surface area (TPSA) is 52.5 Å². The predicted octanol–water partition coefficient (Wildman–Crippen LogP) is 1.55. The van der Waals surface area contributed by atoms with Gasteiger partial charge in [0, 0.05) is 11.6 Å². The maximum absolute atomic E-state index is 8.49. The summed E-state index contributed by atoms with van der Waals surface area (Å²) in [5.74, 6) is 0.643. The monoisotopic (exact) mass is 147 g/mol. The predicted molar refractivity (Wildman–Crippen MR) is 39.9 cm³/mol. The summed E-state index contributed by atoms with van der Waals surface area (Å²) in [4.78, 5) is 0. The SMILES string of the molecule is N#Cc1cc(C2CCC2)[nH]n1. The zero-order valence-corrected chi connectivity index (χ0v) is 6.17. The van der Waals surface area contributed by atoms with Crippen LogP contribution >= 0.6 is 0 Å². The molecule has 0 radical (unpaired) electrons. The van der Waals surface area contributed by atoms with Gasteiger partial charge < -0.3 is 0 Å². The molecule has 0 unspecified atom stereocenters. The number of rotatable bonds is 1. The zero-order valence-electron chi connectivity index (χ0n) is 6.17. The fraction of sp³-hybridized carbons (Fsp3) is 0.500. The van der Waals surface area contributed by atoms with Crippen molar-refractivity contribution in [1.82, 2.24) is 10.2 Å². The number of nitriles is 1. The maximum Gasteiger partial charge on any atom is 0.162 e. The van der Waals surface area contributed by atoms with Gasteiger partial charge in [0.2, 0.25) is 0 Å². The van der Waals surface area contributed by atoms with Gasteiger partial charge >= 0.3 is 0 Å². The molecule has 0 spiro atoms. The van der Waals surface area contributed by atoms with Crippen LogP contribution < -0.4 is 0 Å². The van der Waals surface area contributed by atoms with E-state index in [9.17, 15) is 0 Å². The summed E-state index contributed by atoms with van der Waals surface area (Å²) in [5, 5.41) is 15.2. The van der Waals surface area contributed by atoms with Crippen molar-refractivity contribution in [2.24, 2.45) is 0 Å².